The maximum absolute atomic E-state index is 12.5. The minimum atomic E-state index is -0.900. The Morgan fingerprint density at radius 1 is 1.11 bits per heavy atom. The number of carboxylic acid groups (broad SMARTS) is 1. The van der Waals surface area contributed by atoms with E-state index in [9.17, 15) is 19.5 Å². The molecule has 1 aliphatic heterocycles. The van der Waals surface area contributed by atoms with Crippen molar-refractivity contribution in [2.75, 3.05) is 13.1 Å². The van der Waals surface area contributed by atoms with Crippen molar-refractivity contribution in [3.8, 4) is 0 Å². The molecule has 0 aromatic heterocycles. The fraction of sp³-hybridized carbons (Fsp3) is 0.483. The topological polar surface area (TPSA) is 101 Å². The third-order valence-electron chi connectivity index (χ3n) is 6.69. The summed E-state index contributed by atoms with van der Waals surface area (Å²) in [5.74, 6) is -2.48. The van der Waals surface area contributed by atoms with Crippen molar-refractivity contribution in [1.82, 2.24) is 4.90 Å². The molecule has 1 heterocycles. The van der Waals surface area contributed by atoms with E-state index >= 15 is 0 Å². The van der Waals surface area contributed by atoms with Crippen LogP contribution in [-0.2, 0) is 27.2 Å². The summed E-state index contributed by atoms with van der Waals surface area (Å²) in [5.41, 5.74) is 9.65. The molecule has 1 unspecified atom stereocenters. The third-order valence-corrected chi connectivity index (χ3v) is 6.69. The average molecular weight is 481 g/mol. The summed E-state index contributed by atoms with van der Waals surface area (Å²) < 4.78 is 0. The van der Waals surface area contributed by atoms with Crippen molar-refractivity contribution in [2.24, 2.45) is 17.6 Å². The van der Waals surface area contributed by atoms with Crippen molar-refractivity contribution in [3.63, 3.8) is 0 Å². The van der Waals surface area contributed by atoms with Gasteiger partial charge in [0.15, 0.2) is 0 Å². The molecule has 6 nitrogen and oxygen atoms in total. The Hall–Kier alpha value is -3.15. The predicted molar refractivity (Wildman–Crippen MR) is 140 cm³/mol. The van der Waals surface area contributed by atoms with Crippen LogP contribution in [0.4, 0.5) is 0 Å². The number of primary amides is 1. The molecule has 2 amide bonds. The highest BCUT2D eigenvalue weighted by Gasteiger charge is 2.28. The Kier molecular flexibility index (Phi) is 11.5. The van der Waals surface area contributed by atoms with Crippen LogP contribution in [0.1, 0.15) is 63.5 Å². The molecule has 2 rings (SSSR count). The van der Waals surface area contributed by atoms with E-state index in [0.717, 1.165) is 24.0 Å². The molecule has 2 atom stereocenters. The Balaban J connectivity index is 1.84. The second-order valence-electron chi connectivity index (χ2n) is 9.34. The summed E-state index contributed by atoms with van der Waals surface area (Å²) in [6.07, 6.45) is 10.9. The molecule has 1 aliphatic rings. The van der Waals surface area contributed by atoms with Crippen LogP contribution in [-0.4, -0.2) is 40.9 Å². The summed E-state index contributed by atoms with van der Waals surface area (Å²) in [4.78, 5) is 38.3. The maximum Gasteiger partial charge on any atom is 0.306 e. The van der Waals surface area contributed by atoms with Gasteiger partial charge in [0.1, 0.15) is 0 Å². The van der Waals surface area contributed by atoms with Crippen LogP contribution in [0.15, 0.2) is 60.2 Å². The molecule has 0 fully saturated rings. The van der Waals surface area contributed by atoms with Crippen molar-refractivity contribution >= 4 is 17.8 Å². The lowest BCUT2D eigenvalue weighted by Crippen LogP contribution is -2.29. The molecule has 0 aliphatic carbocycles. The van der Waals surface area contributed by atoms with Gasteiger partial charge >= 0.3 is 5.97 Å². The van der Waals surface area contributed by atoms with Crippen LogP contribution in [0.25, 0.3) is 0 Å². The van der Waals surface area contributed by atoms with Gasteiger partial charge in [0.05, 0.1) is 5.92 Å². The number of carboxylic acids is 1. The zero-order valence-electron chi connectivity index (χ0n) is 21.2. The smallest absolute Gasteiger partial charge is 0.306 e. The van der Waals surface area contributed by atoms with Gasteiger partial charge in [0.2, 0.25) is 5.91 Å². The van der Waals surface area contributed by atoms with E-state index in [-0.39, 0.29) is 12.3 Å². The molecule has 0 bridgehead atoms. The summed E-state index contributed by atoms with van der Waals surface area (Å²) in [6, 6.07) is 8.37. The Morgan fingerprint density at radius 2 is 1.77 bits per heavy atom. The normalized spacial score (nSPS) is 15.6. The Morgan fingerprint density at radius 3 is 2.31 bits per heavy atom. The summed E-state index contributed by atoms with van der Waals surface area (Å²) in [7, 11) is 0. The zero-order chi connectivity index (χ0) is 25.8. The number of allylic oxidation sites excluding steroid dienone is 1. The van der Waals surface area contributed by atoms with Crippen molar-refractivity contribution in [1.29, 1.82) is 0 Å². The highest BCUT2D eigenvalue weighted by Crippen LogP contribution is 2.25. The first-order valence-corrected chi connectivity index (χ1v) is 12.7. The van der Waals surface area contributed by atoms with Crippen LogP contribution in [0.5, 0.6) is 0 Å². The second-order valence-corrected chi connectivity index (χ2v) is 9.34. The highest BCUT2D eigenvalue weighted by atomic mass is 16.4. The standard InChI is InChI=1S/C29H40N2O4/c1-4-9-21-12-14-22(15-13-21)16-17-23(27(30)32)19-24(29(34)35)11-7-8-18-31-20-25(10-5-2)26(6-3)28(31)33/h5-6,10,12-15,23-24H,3-4,7-9,11,16-20H2,1-2H3,(H2,30,32)(H,34,35)/b10-5-/t23-,24?/m1/s1. The highest BCUT2D eigenvalue weighted by molar-refractivity contribution is 6.00. The van der Waals surface area contributed by atoms with Gasteiger partial charge in [-0.15, -0.1) is 0 Å². The van der Waals surface area contributed by atoms with Gasteiger partial charge in [-0.05, 0) is 62.1 Å². The number of rotatable bonds is 16. The number of nitrogens with two attached hydrogens (primary N) is 1. The summed E-state index contributed by atoms with van der Waals surface area (Å²) >= 11 is 0. The van der Waals surface area contributed by atoms with Crippen LogP contribution in [0, 0.1) is 11.8 Å². The number of benzene rings is 1. The second kappa shape index (κ2) is 14.3. The predicted octanol–water partition coefficient (Wildman–Crippen LogP) is 4.84. The van der Waals surface area contributed by atoms with Gasteiger partial charge in [0.25, 0.3) is 5.91 Å². The van der Waals surface area contributed by atoms with Crippen molar-refractivity contribution in [2.45, 2.75) is 65.2 Å². The van der Waals surface area contributed by atoms with E-state index in [4.69, 9.17) is 5.73 Å². The number of carbonyl (C=O) groups excluding carboxylic acids is 2. The number of aryl methyl sites for hydroxylation is 2. The molecule has 1 aromatic rings. The van der Waals surface area contributed by atoms with E-state index in [2.05, 4.69) is 37.8 Å². The molecule has 0 saturated carbocycles. The van der Waals surface area contributed by atoms with Crippen LogP contribution in [0.3, 0.4) is 0 Å². The minimum Gasteiger partial charge on any atom is -0.481 e. The molecular weight excluding hydrogens is 440 g/mol. The van der Waals surface area contributed by atoms with E-state index < -0.39 is 23.7 Å². The summed E-state index contributed by atoms with van der Waals surface area (Å²) in [5, 5.41) is 9.74. The molecule has 0 saturated heterocycles. The fourth-order valence-electron chi connectivity index (χ4n) is 4.67. The lowest BCUT2D eigenvalue weighted by Gasteiger charge is -2.20. The monoisotopic (exact) mass is 480 g/mol. The zero-order valence-corrected chi connectivity index (χ0v) is 21.2. The number of hydrogen-bond acceptors (Lipinski definition) is 3. The quantitative estimate of drug-likeness (QED) is 0.331. The van der Waals surface area contributed by atoms with Gasteiger partial charge in [-0.3, -0.25) is 14.4 Å². The van der Waals surface area contributed by atoms with Gasteiger partial charge in [-0.25, -0.2) is 0 Å². The molecule has 190 valence electrons. The number of aliphatic carboxylic acids is 1. The van der Waals surface area contributed by atoms with E-state index in [1.54, 1.807) is 11.0 Å². The molecule has 3 N–H and O–H groups in total. The first-order chi connectivity index (χ1) is 16.8. The van der Waals surface area contributed by atoms with Gasteiger partial charge in [-0.1, -0.05) is 68.8 Å². The number of carbonyl (C=O) groups is 3. The van der Waals surface area contributed by atoms with Crippen LogP contribution >= 0.6 is 0 Å². The third kappa shape index (κ3) is 8.53. The van der Waals surface area contributed by atoms with Gasteiger partial charge < -0.3 is 15.7 Å². The van der Waals surface area contributed by atoms with Crippen LogP contribution in [0.2, 0.25) is 0 Å². The van der Waals surface area contributed by atoms with E-state index in [0.29, 0.717) is 50.8 Å². The van der Waals surface area contributed by atoms with Crippen molar-refractivity contribution < 1.29 is 19.5 Å². The SMILES string of the molecule is C=CC1=C(/C=C\C)CN(CCCCC(C[C@@H](CCc2ccc(CCC)cc2)C(N)=O)C(=O)O)C1=O. The number of unbranched alkanes of at least 4 members (excludes halogenated alkanes) is 1. The lowest BCUT2D eigenvalue weighted by molar-refractivity contribution is -0.143. The molecule has 0 spiro atoms. The molecule has 0 radical (unpaired) electrons. The largest absolute Gasteiger partial charge is 0.481 e. The minimum absolute atomic E-state index is 0.0283. The molecule has 6 heteroatoms. The Labute approximate surface area is 209 Å². The molecular formula is C29H40N2O4. The number of hydrogen-bond donors (Lipinski definition) is 2. The van der Waals surface area contributed by atoms with E-state index in [1.165, 1.54) is 5.56 Å². The summed E-state index contributed by atoms with van der Waals surface area (Å²) in [6.45, 7) is 8.92. The number of amides is 2. The van der Waals surface area contributed by atoms with Gasteiger partial charge in [0, 0.05) is 24.6 Å². The average Bonchev–Trinajstić information content (AvgIpc) is 3.12. The molecule has 35 heavy (non-hydrogen) atoms. The van der Waals surface area contributed by atoms with E-state index in [1.807, 2.05) is 19.1 Å². The van der Waals surface area contributed by atoms with Crippen LogP contribution < -0.4 is 5.73 Å². The molecule has 1 aromatic carbocycles. The van der Waals surface area contributed by atoms with Gasteiger partial charge in [-0.2, -0.15) is 0 Å². The first-order valence-electron chi connectivity index (χ1n) is 12.7. The number of nitrogens with zero attached hydrogens (tertiary/aromatic N) is 1. The van der Waals surface area contributed by atoms with Crippen molar-refractivity contribution in [3.05, 3.63) is 71.3 Å². The Bertz CT molecular complexity index is 946. The maximum atomic E-state index is 12.5. The fourth-order valence-corrected chi connectivity index (χ4v) is 4.67. The first kappa shape index (κ1) is 28.1. The lowest BCUT2D eigenvalue weighted by atomic mass is 9.86.